The summed E-state index contributed by atoms with van der Waals surface area (Å²) in [6.45, 7) is 14.7. The Kier molecular flexibility index (Phi) is 3.85. The van der Waals surface area contributed by atoms with Crippen molar-refractivity contribution in [3.63, 3.8) is 0 Å². The summed E-state index contributed by atoms with van der Waals surface area (Å²) >= 11 is 3.49. The smallest absolute Gasteiger partial charge is 0.399 e. The van der Waals surface area contributed by atoms with E-state index >= 15 is 0 Å². The molecule has 2 rings (SSSR count). The van der Waals surface area contributed by atoms with E-state index in [1.807, 2.05) is 6.20 Å². The van der Waals surface area contributed by atoms with E-state index in [4.69, 9.17) is 9.31 Å². The maximum Gasteiger partial charge on any atom is 0.496 e. The van der Waals surface area contributed by atoms with Crippen molar-refractivity contribution in [3.05, 3.63) is 22.4 Å². The van der Waals surface area contributed by atoms with Gasteiger partial charge in [-0.3, -0.25) is 4.98 Å². The summed E-state index contributed by atoms with van der Waals surface area (Å²) in [6.07, 6.45) is 1.83. The van der Waals surface area contributed by atoms with Crippen LogP contribution in [0.5, 0.6) is 0 Å². The SMILES string of the molecule is CC(C)(C)c1ncc(Br)cc1B1OC(C)(C)C(C)(C)O1. The van der Waals surface area contributed by atoms with Crippen LogP contribution >= 0.6 is 15.9 Å². The van der Waals surface area contributed by atoms with Crippen molar-refractivity contribution in [1.82, 2.24) is 4.98 Å². The molecule has 20 heavy (non-hydrogen) atoms. The molecule has 0 aliphatic carbocycles. The van der Waals surface area contributed by atoms with Gasteiger partial charge in [-0.05, 0) is 49.7 Å². The van der Waals surface area contributed by atoms with Crippen LogP contribution in [0.25, 0.3) is 0 Å². The summed E-state index contributed by atoms with van der Waals surface area (Å²) in [4.78, 5) is 4.58. The molecule has 0 N–H and O–H groups in total. The summed E-state index contributed by atoms with van der Waals surface area (Å²) in [6, 6.07) is 2.05. The second kappa shape index (κ2) is 4.82. The number of nitrogens with zero attached hydrogens (tertiary/aromatic N) is 1. The normalized spacial score (nSPS) is 21.3. The highest BCUT2D eigenvalue weighted by Crippen LogP contribution is 2.37. The lowest BCUT2D eigenvalue weighted by molar-refractivity contribution is 0.00578. The molecule has 1 aliphatic rings. The minimum absolute atomic E-state index is 0.0559. The van der Waals surface area contributed by atoms with Gasteiger partial charge in [0.1, 0.15) is 0 Å². The first-order valence-electron chi connectivity index (χ1n) is 6.96. The third-order valence-corrected chi connectivity index (χ3v) is 4.54. The maximum atomic E-state index is 6.16. The third kappa shape index (κ3) is 2.81. The first-order valence-corrected chi connectivity index (χ1v) is 7.75. The lowest BCUT2D eigenvalue weighted by atomic mass is 9.72. The van der Waals surface area contributed by atoms with Crippen molar-refractivity contribution in [2.75, 3.05) is 0 Å². The second-order valence-electron chi connectivity index (χ2n) is 7.43. The van der Waals surface area contributed by atoms with Crippen molar-refractivity contribution in [3.8, 4) is 0 Å². The highest BCUT2D eigenvalue weighted by Gasteiger charge is 2.52. The van der Waals surface area contributed by atoms with Crippen molar-refractivity contribution in [2.24, 2.45) is 0 Å². The van der Waals surface area contributed by atoms with Crippen LogP contribution in [-0.2, 0) is 14.7 Å². The lowest BCUT2D eigenvalue weighted by Gasteiger charge is -2.32. The Morgan fingerprint density at radius 3 is 2.05 bits per heavy atom. The molecular weight excluding hydrogens is 317 g/mol. The molecule has 5 heteroatoms. The number of halogens is 1. The minimum Gasteiger partial charge on any atom is -0.399 e. The monoisotopic (exact) mass is 339 g/mol. The molecule has 1 saturated heterocycles. The topological polar surface area (TPSA) is 31.4 Å². The molecule has 0 amide bonds. The number of pyridine rings is 1. The van der Waals surface area contributed by atoms with Gasteiger partial charge in [-0.15, -0.1) is 0 Å². The first kappa shape index (κ1) is 16.0. The molecule has 0 saturated carbocycles. The van der Waals surface area contributed by atoms with E-state index in [0.29, 0.717) is 0 Å². The fourth-order valence-electron chi connectivity index (χ4n) is 2.23. The van der Waals surface area contributed by atoms with E-state index in [1.165, 1.54) is 0 Å². The maximum absolute atomic E-state index is 6.16. The minimum atomic E-state index is -0.376. The van der Waals surface area contributed by atoms with Crippen LogP contribution in [0.1, 0.15) is 54.2 Å². The fraction of sp³-hybridized carbons (Fsp3) is 0.667. The predicted molar refractivity (Wildman–Crippen MR) is 86.4 cm³/mol. The number of rotatable bonds is 1. The Labute approximate surface area is 130 Å². The van der Waals surface area contributed by atoms with Crippen molar-refractivity contribution in [2.45, 2.75) is 65.1 Å². The van der Waals surface area contributed by atoms with Crippen molar-refractivity contribution < 1.29 is 9.31 Å². The van der Waals surface area contributed by atoms with Crippen molar-refractivity contribution >= 4 is 28.5 Å². The van der Waals surface area contributed by atoms with Crippen LogP contribution in [-0.4, -0.2) is 23.3 Å². The zero-order chi connectivity index (χ0) is 15.3. The van der Waals surface area contributed by atoms with Gasteiger partial charge in [-0.1, -0.05) is 20.8 Å². The van der Waals surface area contributed by atoms with Gasteiger partial charge in [0.25, 0.3) is 0 Å². The van der Waals surface area contributed by atoms with Gasteiger partial charge in [-0.25, -0.2) is 0 Å². The molecule has 0 unspecified atom stereocenters. The molecule has 1 aromatic heterocycles. The molecule has 0 spiro atoms. The Bertz CT molecular complexity index is 507. The second-order valence-corrected chi connectivity index (χ2v) is 8.35. The first-order chi connectivity index (χ1) is 8.94. The van der Waals surface area contributed by atoms with E-state index < -0.39 is 0 Å². The fourth-order valence-corrected chi connectivity index (χ4v) is 2.58. The van der Waals surface area contributed by atoms with Gasteiger partial charge in [-0.2, -0.15) is 0 Å². The number of aromatic nitrogens is 1. The molecular formula is C15H23BBrNO2. The average Bonchev–Trinajstić information content (AvgIpc) is 2.46. The quantitative estimate of drug-likeness (QED) is 0.734. The van der Waals surface area contributed by atoms with E-state index in [0.717, 1.165) is 15.6 Å². The van der Waals surface area contributed by atoms with E-state index in [9.17, 15) is 0 Å². The van der Waals surface area contributed by atoms with E-state index in [2.05, 4.69) is 75.4 Å². The molecule has 0 bridgehead atoms. The predicted octanol–water partition coefficient (Wildman–Crippen LogP) is 3.44. The summed E-state index contributed by atoms with van der Waals surface area (Å²) < 4.78 is 13.3. The summed E-state index contributed by atoms with van der Waals surface area (Å²) in [5.41, 5.74) is 1.29. The standard InChI is InChI=1S/C15H23BBrNO2/c1-13(2,3)12-11(8-10(17)9-18-12)16-19-14(4,5)15(6,7)20-16/h8-9H,1-7H3. The zero-order valence-electron chi connectivity index (χ0n) is 13.4. The molecule has 3 nitrogen and oxygen atoms in total. The van der Waals surface area contributed by atoms with Crippen LogP contribution in [0, 0.1) is 0 Å². The Hall–Kier alpha value is -0.385. The highest BCUT2D eigenvalue weighted by molar-refractivity contribution is 9.10. The largest absolute Gasteiger partial charge is 0.496 e. The molecule has 110 valence electrons. The molecule has 0 radical (unpaired) electrons. The molecule has 1 fully saturated rings. The Morgan fingerprint density at radius 1 is 1.10 bits per heavy atom. The van der Waals surface area contributed by atoms with E-state index in [1.54, 1.807) is 0 Å². The van der Waals surface area contributed by atoms with Crippen LogP contribution < -0.4 is 5.46 Å². The van der Waals surface area contributed by atoms with Crippen LogP contribution in [0.2, 0.25) is 0 Å². The van der Waals surface area contributed by atoms with Gasteiger partial charge >= 0.3 is 7.12 Å². The number of hydrogen-bond acceptors (Lipinski definition) is 3. The number of hydrogen-bond donors (Lipinski definition) is 0. The van der Waals surface area contributed by atoms with Gasteiger partial charge in [0.15, 0.2) is 0 Å². The average molecular weight is 340 g/mol. The van der Waals surface area contributed by atoms with Gasteiger partial charge in [0.2, 0.25) is 0 Å². The molecule has 1 aliphatic heterocycles. The summed E-state index contributed by atoms with van der Waals surface area (Å²) in [5, 5.41) is 0. The van der Waals surface area contributed by atoms with Crippen LogP contribution in [0.3, 0.4) is 0 Å². The van der Waals surface area contributed by atoms with Gasteiger partial charge < -0.3 is 9.31 Å². The molecule has 1 aromatic rings. The third-order valence-electron chi connectivity index (χ3n) is 4.10. The van der Waals surface area contributed by atoms with Crippen LogP contribution in [0.4, 0.5) is 0 Å². The molecule has 2 heterocycles. The van der Waals surface area contributed by atoms with Gasteiger partial charge in [0.05, 0.1) is 11.2 Å². The Balaban J connectivity index is 2.47. The van der Waals surface area contributed by atoms with Crippen LogP contribution in [0.15, 0.2) is 16.7 Å². The summed E-state index contributed by atoms with van der Waals surface area (Å²) in [7, 11) is -0.376. The summed E-state index contributed by atoms with van der Waals surface area (Å²) in [5.74, 6) is 0. The van der Waals surface area contributed by atoms with E-state index in [-0.39, 0.29) is 23.7 Å². The molecule has 0 aromatic carbocycles. The zero-order valence-corrected chi connectivity index (χ0v) is 15.0. The van der Waals surface area contributed by atoms with Crippen molar-refractivity contribution in [1.29, 1.82) is 0 Å². The molecule has 0 atom stereocenters. The Morgan fingerprint density at radius 2 is 1.60 bits per heavy atom. The van der Waals surface area contributed by atoms with Gasteiger partial charge in [0, 0.05) is 27.2 Å². The highest BCUT2D eigenvalue weighted by atomic mass is 79.9. The lowest BCUT2D eigenvalue weighted by Crippen LogP contribution is -2.41.